The van der Waals surface area contributed by atoms with Crippen molar-refractivity contribution >= 4 is 51.2 Å². The van der Waals surface area contributed by atoms with Crippen LogP contribution in [0.3, 0.4) is 0 Å². The summed E-state index contributed by atoms with van der Waals surface area (Å²) in [6.45, 7) is 4.21. The minimum Gasteiger partial charge on any atom is -0.465 e. The maximum atomic E-state index is 12.4. The SMILES string of the molecule is COC(=O)c1cc(-c2ccccc2)sc1NC(=S)N1CCN(Cc2ccccc2Cl)CC1. The second-order valence-electron chi connectivity index (χ2n) is 7.50. The molecule has 0 spiro atoms. The van der Waals surface area contributed by atoms with Crippen molar-refractivity contribution < 1.29 is 9.53 Å². The number of thiocarbonyl (C=S) groups is 1. The Morgan fingerprint density at radius 2 is 1.78 bits per heavy atom. The van der Waals surface area contributed by atoms with Gasteiger partial charge in [-0.25, -0.2) is 4.79 Å². The summed E-state index contributed by atoms with van der Waals surface area (Å²) < 4.78 is 4.99. The molecular weight excluding hydrogens is 462 g/mol. The smallest absolute Gasteiger partial charge is 0.340 e. The first-order valence-corrected chi connectivity index (χ1v) is 11.9. The third kappa shape index (κ3) is 5.30. The van der Waals surface area contributed by atoms with E-state index in [4.69, 9.17) is 28.6 Å². The Hall–Kier alpha value is -2.45. The zero-order valence-corrected chi connectivity index (χ0v) is 20.1. The molecule has 1 N–H and O–H groups in total. The summed E-state index contributed by atoms with van der Waals surface area (Å²) >= 11 is 13.5. The number of piperazine rings is 1. The van der Waals surface area contributed by atoms with Crippen LogP contribution >= 0.6 is 35.2 Å². The van der Waals surface area contributed by atoms with E-state index >= 15 is 0 Å². The average molecular weight is 486 g/mol. The molecule has 8 heteroatoms. The van der Waals surface area contributed by atoms with Crippen molar-refractivity contribution in [3.8, 4) is 10.4 Å². The first kappa shape index (κ1) is 22.7. The molecule has 0 bridgehead atoms. The minimum atomic E-state index is -0.377. The van der Waals surface area contributed by atoms with Gasteiger partial charge < -0.3 is 15.0 Å². The lowest BCUT2D eigenvalue weighted by atomic mass is 10.1. The molecule has 0 aliphatic carbocycles. The number of benzene rings is 2. The highest BCUT2D eigenvalue weighted by Crippen LogP contribution is 2.36. The van der Waals surface area contributed by atoms with Crippen LogP contribution in [0, 0.1) is 0 Å². The van der Waals surface area contributed by atoms with E-state index in [9.17, 15) is 4.79 Å². The standard InChI is InChI=1S/C24H24ClN3O2S2/c1-30-23(29)19-15-21(17-7-3-2-4-8-17)32-22(19)26-24(31)28-13-11-27(12-14-28)16-18-9-5-6-10-20(18)25/h2-10,15H,11-14,16H2,1H3,(H,26,31). The molecule has 2 aromatic carbocycles. The molecule has 4 rings (SSSR count). The summed E-state index contributed by atoms with van der Waals surface area (Å²) in [6, 6.07) is 19.8. The van der Waals surface area contributed by atoms with Crippen molar-refractivity contribution in [1.29, 1.82) is 0 Å². The molecule has 1 aliphatic heterocycles. The van der Waals surface area contributed by atoms with Gasteiger partial charge in [-0.3, -0.25) is 4.90 Å². The molecule has 166 valence electrons. The quantitative estimate of drug-likeness (QED) is 0.387. The molecule has 0 amide bonds. The van der Waals surface area contributed by atoms with Gasteiger partial charge in [0.1, 0.15) is 5.00 Å². The van der Waals surface area contributed by atoms with Crippen molar-refractivity contribution in [1.82, 2.24) is 9.80 Å². The number of halogens is 1. The van der Waals surface area contributed by atoms with Crippen LogP contribution in [0.2, 0.25) is 5.02 Å². The van der Waals surface area contributed by atoms with E-state index in [1.165, 1.54) is 18.4 Å². The fourth-order valence-electron chi connectivity index (χ4n) is 3.64. The monoisotopic (exact) mass is 485 g/mol. The summed E-state index contributed by atoms with van der Waals surface area (Å²) in [6.07, 6.45) is 0. The topological polar surface area (TPSA) is 44.8 Å². The zero-order chi connectivity index (χ0) is 22.5. The maximum Gasteiger partial charge on any atom is 0.340 e. The van der Waals surface area contributed by atoms with Crippen molar-refractivity contribution in [3.05, 3.63) is 76.8 Å². The Labute approximate surface area is 202 Å². The fourth-order valence-corrected chi connectivity index (χ4v) is 5.24. The molecule has 0 atom stereocenters. The van der Waals surface area contributed by atoms with Gasteiger partial charge in [-0.1, -0.05) is 60.1 Å². The Morgan fingerprint density at radius 1 is 1.09 bits per heavy atom. The second kappa shape index (κ2) is 10.4. The highest BCUT2D eigenvalue weighted by atomic mass is 35.5. The lowest BCUT2D eigenvalue weighted by Gasteiger charge is -2.36. The number of hydrogen-bond donors (Lipinski definition) is 1. The van der Waals surface area contributed by atoms with Crippen molar-refractivity contribution in [3.63, 3.8) is 0 Å². The molecule has 2 heterocycles. The van der Waals surface area contributed by atoms with E-state index in [-0.39, 0.29) is 5.97 Å². The fraction of sp³-hybridized carbons (Fsp3) is 0.250. The van der Waals surface area contributed by atoms with Gasteiger partial charge in [0.15, 0.2) is 5.11 Å². The van der Waals surface area contributed by atoms with Gasteiger partial charge in [0.05, 0.1) is 12.7 Å². The maximum absolute atomic E-state index is 12.4. The highest BCUT2D eigenvalue weighted by molar-refractivity contribution is 7.80. The van der Waals surface area contributed by atoms with E-state index in [1.807, 2.05) is 54.6 Å². The van der Waals surface area contributed by atoms with E-state index in [2.05, 4.69) is 21.2 Å². The Kier molecular flexibility index (Phi) is 7.42. The first-order chi connectivity index (χ1) is 15.5. The predicted molar refractivity (Wildman–Crippen MR) is 136 cm³/mol. The second-order valence-corrected chi connectivity index (χ2v) is 9.34. The normalized spacial score (nSPS) is 14.2. The van der Waals surface area contributed by atoms with E-state index in [0.29, 0.717) is 15.7 Å². The van der Waals surface area contributed by atoms with Gasteiger partial charge in [-0.2, -0.15) is 0 Å². The minimum absolute atomic E-state index is 0.377. The Balaban J connectivity index is 1.41. The molecule has 1 aromatic heterocycles. The molecule has 0 saturated carbocycles. The molecule has 32 heavy (non-hydrogen) atoms. The number of nitrogens with one attached hydrogen (secondary N) is 1. The van der Waals surface area contributed by atoms with Crippen LogP contribution in [-0.4, -0.2) is 54.2 Å². The lowest BCUT2D eigenvalue weighted by molar-refractivity contribution is 0.0602. The van der Waals surface area contributed by atoms with Crippen molar-refractivity contribution in [2.24, 2.45) is 0 Å². The third-order valence-electron chi connectivity index (χ3n) is 5.43. The van der Waals surface area contributed by atoms with Crippen LogP contribution in [-0.2, 0) is 11.3 Å². The molecular formula is C24H24ClN3O2S2. The van der Waals surface area contributed by atoms with Crippen LogP contribution in [0.4, 0.5) is 5.00 Å². The number of carbonyl (C=O) groups excluding carboxylic acids is 1. The number of methoxy groups -OCH3 is 1. The Morgan fingerprint density at radius 3 is 2.47 bits per heavy atom. The predicted octanol–water partition coefficient (Wildman–Crippen LogP) is 5.37. The number of ether oxygens (including phenoxy) is 1. The van der Waals surface area contributed by atoms with Crippen LogP contribution in [0.15, 0.2) is 60.7 Å². The summed E-state index contributed by atoms with van der Waals surface area (Å²) in [7, 11) is 1.39. The van der Waals surface area contributed by atoms with Gasteiger partial charge in [0.25, 0.3) is 0 Å². The zero-order valence-electron chi connectivity index (χ0n) is 17.7. The summed E-state index contributed by atoms with van der Waals surface area (Å²) in [5.74, 6) is -0.377. The van der Waals surface area contributed by atoms with E-state index < -0.39 is 0 Å². The molecule has 1 fully saturated rings. The van der Waals surface area contributed by atoms with Gasteiger partial charge >= 0.3 is 5.97 Å². The number of thiophene rings is 1. The van der Waals surface area contributed by atoms with E-state index in [0.717, 1.165) is 53.8 Å². The number of hydrogen-bond acceptors (Lipinski definition) is 5. The molecule has 1 saturated heterocycles. The van der Waals surface area contributed by atoms with Crippen LogP contribution < -0.4 is 5.32 Å². The average Bonchev–Trinajstić information content (AvgIpc) is 3.25. The molecule has 0 unspecified atom stereocenters. The van der Waals surface area contributed by atoms with E-state index in [1.54, 1.807) is 0 Å². The number of anilines is 1. The molecule has 3 aromatic rings. The first-order valence-electron chi connectivity index (χ1n) is 10.3. The van der Waals surface area contributed by atoms with Gasteiger partial charge in [0, 0.05) is 42.6 Å². The Bertz CT molecular complexity index is 1100. The van der Waals surface area contributed by atoms with Crippen LogP contribution in [0.1, 0.15) is 15.9 Å². The van der Waals surface area contributed by atoms with Crippen LogP contribution in [0.5, 0.6) is 0 Å². The summed E-state index contributed by atoms with van der Waals surface area (Å²) in [4.78, 5) is 17.9. The highest BCUT2D eigenvalue weighted by Gasteiger charge is 2.23. The van der Waals surface area contributed by atoms with Gasteiger partial charge in [-0.15, -0.1) is 11.3 Å². The summed E-state index contributed by atoms with van der Waals surface area (Å²) in [5.41, 5.74) is 2.68. The lowest BCUT2D eigenvalue weighted by Crippen LogP contribution is -2.49. The summed E-state index contributed by atoms with van der Waals surface area (Å²) in [5, 5.41) is 5.42. The number of carbonyl (C=O) groups is 1. The third-order valence-corrected chi connectivity index (χ3v) is 7.26. The van der Waals surface area contributed by atoms with Gasteiger partial charge in [0.2, 0.25) is 0 Å². The largest absolute Gasteiger partial charge is 0.465 e. The van der Waals surface area contributed by atoms with Crippen molar-refractivity contribution in [2.45, 2.75) is 6.54 Å². The van der Waals surface area contributed by atoms with Crippen molar-refractivity contribution in [2.75, 3.05) is 38.6 Å². The molecule has 5 nitrogen and oxygen atoms in total. The number of nitrogens with zero attached hydrogens (tertiary/aromatic N) is 2. The number of esters is 1. The molecule has 0 radical (unpaired) electrons. The van der Waals surface area contributed by atoms with Crippen LogP contribution in [0.25, 0.3) is 10.4 Å². The molecule has 1 aliphatic rings. The number of rotatable bonds is 5. The van der Waals surface area contributed by atoms with Gasteiger partial charge in [-0.05, 0) is 35.5 Å².